The van der Waals surface area contributed by atoms with E-state index in [0.29, 0.717) is 11.0 Å². The van der Waals surface area contributed by atoms with Crippen molar-refractivity contribution in [2.45, 2.75) is 0 Å². The minimum absolute atomic E-state index is 0.195. The highest BCUT2D eigenvalue weighted by Crippen LogP contribution is 2.09. The second kappa shape index (κ2) is 5.27. The highest BCUT2D eigenvalue weighted by molar-refractivity contribution is 6.29. The SMILES string of the molecule is Oc1cccc(C=NNc2ccc(Cl)nn2)c1. The molecule has 2 N–H and O–H groups in total. The van der Waals surface area contributed by atoms with Gasteiger partial charge in [0, 0.05) is 0 Å². The van der Waals surface area contributed by atoms with E-state index in [0.717, 1.165) is 5.56 Å². The predicted molar refractivity (Wildman–Crippen MR) is 66.4 cm³/mol. The number of benzene rings is 1. The van der Waals surface area contributed by atoms with E-state index < -0.39 is 0 Å². The van der Waals surface area contributed by atoms with Crippen LogP contribution in [0.5, 0.6) is 5.75 Å². The lowest BCUT2D eigenvalue weighted by Gasteiger charge is -1.97. The molecule has 1 aromatic carbocycles. The summed E-state index contributed by atoms with van der Waals surface area (Å²) >= 11 is 5.59. The molecule has 0 amide bonds. The molecular formula is C11H9ClN4O. The van der Waals surface area contributed by atoms with E-state index >= 15 is 0 Å². The van der Waals surface area contributed by atoms with E-state index in [-0.39, 0.29) is 5.75 Å². The van der Waals surface area contributed by atoms with Crippen LogP contribution in [0.4, 0.5) is 5.82 Å². The summed E-state index contributed by atoms with van der Waals surface area (Å²) in [6, 6.07) is 10.0. The molecule has 0 bridgehead atoms. The van der Waals surface area contributed by atoms with Crippen molar-refractivity contribution in [3.63, 3.8) is 0 Å². The largest absolute Gasteiger partial charge is 0.508 e. The van der Waals surface area contributed by atoms with Gasteiger partial charge < -0.3 is 5.11 Å². The van der Waals surface area contributed by atoms with Gasteiger partial charge in [-0.2, -0.15) is 5.10 Å². The third kappa shape index (κ3) is 3.42. The average molecular weight is 249 g/mol. The van der Waals surface area contributed by atoms with Gasteiger partial charge in [0.05, 0.1) is 6.21 Å². The summed E-state index contributed by atoms with van der Waals surface area (Å²) in [5.74, 6) is 0.686. The van der Waals surface area contributed by atoms with E-state index in [1.165, 1.54) is 0 Å². The maximum atomic E-state index is 9.24. The second-order valence-electron chi connectivity index (χ2n) is 3.21. The van der Waals surface area contributed by atoms with Gasteiger partial charge in [-0.3, -0.25) is 5.43 Å². The fraction of sp³-hybridized carbons (Fsp3) is 0. The number of phenolic OH excluding ortho intramolecular Hbond substituents is 1. The molecule has 0 saturated heterocycles. The zero-order valence-electron chi connectivity index (χ0n) is 8.71. The first kappa shape index (κ1) is 11.3. The molecule has 1 heterocycles. The van der Waals surface area contributed by atoms with Gasteiger partial charge in [0.2, 0.25) is 0 Å². The minimum atomic E-state index is 0.195. The summed E-state index contributed by atoms with van der Waals surface area (Å²) in [5.41, 5.74) is 3.47. The quantitative estimate of drug-likeness (QED) is 0.646. The van der Waals surface area contributed by atoms with Crippen molar-refractivity contribution in [3.8, 4) is 5.75 Å². The van der Waals surface area contributed by atoms with E-state index in [4.69, 9.17) is 11.6 Å². The number of anilines is 1. The zero-order chi connectivity index (χ0) is 12.1. The van der Waals surface area contributed by atoms with Crippen LogP contribution in [0.2, 0.25) is 5.15 Å². The molecule has 2 aromatic rings. The number of rotatable bonds is 3. The van der Waals surface area contributed by atoms with Crippen molar-refractivity contribution >= 4 is 23.6 Å². The fourth-order valence-corrected chi connectivity index (χ4v) is 1.25. The zero-order valence-corrected chi connectivity index (χ0v) is 9.46. The average Bonchev–Trinajstić information content (AvgIpc) is 2.32. The molecular weight excluding hydrogens is 240 g/mol. The fourth-order valence-electron chi connectivity index (χ4n) is 1.15. The number of aromatic nitrogens is 2. The van der Waals surface area contributed by atoms with Crippen LogP contribution in [0.3, 0.4) is 0 Å². The van der Waals surface area contributed by atoms with Gasteiger partial charge in [-0.1, -0.05) is 23.7 Å². The van der Waals surface area contributed by atoms with Crippen LogP contribution >= 0.6 is 11.6 Å². The predicted octanol–water partition coefficient (Wildman–Crippen LogP) is 2.28. The molecule has 1 aromatic heterocycles. The van der Waals surface area contributed by atoms with Gasteiger partial charge in [0.15, 0.2) is 11.0 Å². The minimum Gasteiger partial charge on any atom is -0.508 e. The summed E-state index contributed by atoms with van der Waals surface area (Å²) in [4.78, 5) is 0. The van der Waals surface area contributed by atoms with Crippen molar-refractivity contribution in [2.24, 2.45) is 5.10 Å². The van der Waals surface area contributed by atoms with Gasteiger partial charge >= 0.3 is 0 Å². The summed E-state index contributed by atoms with van der Waals surface area (Å²) in [5, 5.41) is 20.9. The molecule has 17 heavy (non-hydrogen) atoms. The maximum absolute atomic E-state index is 9.24. The third-order valence-corrected chi connectivity index (χ3v) is 2.10. The first-order valence-electron chi connectivity index (χ1n) is 4.81. The highest BCUT2D eigenvalue weighted by Gasteiger charge is 1.93. The topological polar surface area (TPSA) is 70.4 Å². The number of hydrazone groups is 1. The Morgan fingerprint density at radius 3 is 2.82 bits per heavy atom. The van der Waals surface area contributed by atoms with Crippen LogP contribution in [-0.4, -0.2) is 21.5 Å². The Kier molecular flexibility index (Phi) is 3.52. The molecule has 0 aliphatic carbocycles. The molecule has 0 saturated carbocycles. The van der Waals surface area contributed by atoms with E-state index in [1.807, 2.05) is 6.07 Å². The van der Waals surface area contributed by atoms with Gasteiger partial charge in [-0.15, -0.1) is 10.2 Å². The van der Waals surface area contributed by atoms with Crippen molar-refractivity contribution in [1.82, 2.24) is 10.2 Å². The standard InChI is InChI=1S/C11H9ClN4O/c12-10-4-5-11(16-14-10)15-13-7-8-2-1-3-9(17)6-8/h1-7,17H,(H,15,16). The Bertz CT molecular complexity index is 527. The number of nitrogens with zero attached hydrogens (tertiary/aromatic N) is 3. The summed E-state index contributed by atoms with van der Waals surface area (Å²) in [7, 11) is 0. The molecule has 0 radical (unpaired) electrons. The Morgan fingerprint density at radius 1 is 1.24 bits per heavy atom. The highest BCUT2D eigenvalue weighted by atomic mass is 35.5. The van der Waals surface area contributed by atoms with E-state index in [2.05, 4.69) is 20.7 Å². The second-order valence-corrected chi connectivity index (χ2v) is 3.59. The first-order valence-corrected chi connectivity index (χ1v) is 5.19. The number of phenols is 1. The monoisotopic (exact) mass is 248 g/mol. The van der Waals surface area contributed by atoms with Gasteiger partial charge in [0.1, 0.15) is 5.75 Å². The number of hydrogen-bond donors (Lipinski definition) is 2. The van der Waals surface area contributed by atoms with Crippen LogP contribution in [0.1, 0.15) is 5.56 Å². The van der Waals surface area contributed by atoms with Crippen LogP contribution in [0, 0.1) is 0 Å². The molecule has 86 valence electrons. The van der Waals surface area contributed by atoms with E-state index in [9.17, 15) is 5.11 Å². The molecule has 2 rings (SSSR count). The van der Waals surface area contributed by atoms with Crippen LogP contribution in [0.25, 0.3) is 0 Å². The molecule has 6 heteroatoms. The lowest BCUT2D eigenvalue weighted by atomic mass is 10.2. The normalized spacial score (nSPS) is 10.6. The summed E-state index contributed by atoms with van der Waals surface area (Å²) in [6.45, 7) is 0. The van der Waals surface area contributed by atoms with Gasteiger partial charge in [-0.25, -0.2) is 0 Å². The van der Waals surface area contributed by atoms with Crippen LogP contribution in [0.15, 0.2) is 41.5 Å². The van der Waals surface area contributed by atoms with Crippen LogP contribution < -0.4 is 5.43 Å². The third-order valence-electron chi connectivity index (χ3n) is 1.89. The smallest absolute Gasteiger partial charge is 0.168 e. The Balaban J connectivity index is 2.00. The molecule has 5 nitrogen and oxygen atoms in total. The first-order chi connectivity index (χ1) is 8.24. The lowest BCUT2D eigenvalue weighted by Crippen LogP contribution is -1.94. The lowest BCUT2D eigenvalue weighted by molar-refractivity contribution is 0.475. The number of aromatic hydroxyl groups is 1. The number of hydrogen-bond acceptors (Lipinski definition) is 5. The molecule has 0 aliphatic heterocycles. The van der Waals surface area contributed by atoms with Crippen molar-refractivity contribution in [2.75, 3.05) is 5.43 Å². The van der Waals surface area contributed by atoms with Crippen molar-refractivity contribution < 1.29 is 5.11 Å². The van der Waals surface area contributed by atoms with Crippen molar-refractivity contribution in [3.05, 3.63) is 47.1 Å². The Hall–Kier alpha value is -2.14. The maximum Gasteiger partial charge on any atom is 0.168 e. The molecule has 0 unspecified atom stereocenters. The molecule has 0 spiro atoms. The van der Waals surface area contributed by atoms with Crippen LogP contribution in [-0.2, 0) is 0 Å². The molecule has 0 atom stereocenters. The molecule has 0 fully saturated rings. The Morgan fingerprint density at radius 2 is 2.12 bits per heavy atom. The molecule has 0 aliphatic rings. The van der Waals surface area contributed by atoms with Crippen molar-refractivity contribution in [1.29, 1.82) is 0 Å². The summed E-state index contributed by atoms with van der Waals surface area (Å²) < 4.78 is 0. The number of halogens is 1. The van der Waals surface area contributed by atoms with E-state index in [1.54, 1.807) is 36.5 Å². The summed E-state index contributed by atoms with van der Waals surface area (Å²) in [6.07, 6.45) is 1.57. The van der Waals surface area contributed by atoms with Gasteiger partial charge in [-0.05, 0) is 29.8 Å². The number of nitrogens with one attached hydrogen (secondary N) is 1. The Labute approximate surface area is 103 Å². The van der Waals surface area contributed by atoms with Gasteiger partial charge in [0.25, 0.3) is 0 Å².